The number of carbonyl (C=O) groups excluding carboxylic acids is 1. The molecular weight excluding hydrogens is 428 g/mol. The molecule has 1 fully saturated rings. The third-order valence-corrected chi connectivity index (χ3v) is 5.90. The minimum atomic E-state index is 0.0919. The lowest BCUT2D eigenvalue weighted by molar-refractivity contribution is 0.0685. The Labute approximate surface area is 180 Å². The average Bonchev–Trinajstić information content (AvgIpc) is 2.73. The molecule has 4 nitrogen and oxygen atoms in total. The van der Waals surface area contributed by atoms with E-state index in [2.05, 4.69) is 22.9 Å². The maximum Gasteiger partial charge on any atom is 0.254 e. The van der Waals surface area contributed by atoms with Gasteiger partial charge in [-0.05, 0) is 74.2 Å². The van der Waals surface area contributed by atoms with Crippen LogP contribution in [0.25, 0.3) is 22.2 Å². The minimum absolute atomic E-state index is 0.0919. The predicted octanol–water partition coefficient (Wildman–Crippen LogP) is 5.94. The van der Waals surface area contributed by atoms with E-state index in [-0.39, 0.29) is 5.91 Å². The molecule has 0 N–H and O–H groups in total. The number of hydrogen-bond acceptors (Lipinski definition) is 3. The van der Waals surface area contributed by atoms with Crippen molar-refractivity contribution in [2.75, 3.05) is 19.7 Å². The van der Waals surface area contributed by atoms with Crippen LogP contribution in [-0.2, 0) is 0 Å². The fourth-order valence-corrected chi connectivity index (χ4v) is 4.32. The summed E-state index contributed by atoms with van der Waals surface area (Å²) >= 11 is 3.54. The Morgan fingerprint density at radius 3 is 2.72 bits per heavy atom. The van der Waals surface area contributed by atoms with E-state index in [1.165, 1.54) is 6.42 Å². The Kier molecular flexibility index (Phi) is 5.86. The van der Waals surface area contributed by atoms with E-state index in [9.17, 15) is 4.79 Å². The van der Waals surface area contributed by atoms with E-state index in [1.807, 2.05) is 60.4 Å². The lowest BCUT2D eigenvalue weighted by Crippen LogP contribution is -2.39. The van der Waals surface area contributed by atoms with Gasteiger partial charge in [0.2, 0.25) is 0 Å². The number of ether oxygens (including phenoxy) is 1. The van der Waals surface area contributed by atoms with Crippen molar-refractivity contribution in [3.8, 4) is 17.0 Å². The van der Waals surface area contributed by atoms with Gasteiger partial charge < -0.3 is 9.64 Å². The zero-order valence-corrected chi connectivity index (χ0v) is 18.4. The van der Waals surface area contributed by atoms with Crippen molar-refractivity contribution < 1.29 is 9.53 Å². The number of aromatic nitrogens is 1. The van der Waals surface area contributed by atoms with Crippen LogP contribution in [0.5, 0.6) is 5.75 Å². The first-order valence-electron chi connectivity index (χ1n) is 10.2. The molecule has 4 rings (SSSR count). The van der Waals surface area contributed by atoms with Gasteiger partial charge in [-0.25, -0.2) is 4.98 Å². The number of piperidine rings is 1. The molecule has 5 heteroatoms. The van der Waals surface area contributed by atoms with Crippen molar-refractivity contribution >= 4 is 32.7 Å². The largest absolute Gasteiger partial charge is 0.494 e. The number of halogens is 1. The van der Waals surface area contributed by atoms with Crippen LogP contribution < -0.4 is 4.74 Å². The second kappa shape index (κ2) is 8.54. The highest BCUT2D eigenvalue weighted by Crippen LogP contribution is 2.30. The molecule has 2 heterocycles. The first-order valence-corrected chi connectivity index (χ1v) is 11.0. The van der Waals surface area contributed by atoms with Gasteiger partial charge in [-0.1, -0.05) is 22.9 Å². The molecular formula is C24H25BrN2O2. The van der Waals surface area contributed by atoms with E-state index in [0.717, 1.165) is 51.9 Å². The summed E-state index contributed by atoms with van der Waals surface area (Å²) < 4.78 is 6.49. The second-order valence-electron chi connectivity index (χ2n) is 7.67. The zero-order chi connectivity index (χ0) is 20.4. The molecule has 0 unspecified atom stereocenters. The fourth-order valence-electron chi connectivity index (χ4n) is 3.96. The molecule has 0 spiro atoms. The molecule has 2 aromatic carbocycles. The van der Waals surface area contributed by atoms with Crippen LogP contribution in [0.1, 0.15) is 37.0 Å². The van der Waals surface area contributed by atoms with Crippen molar-refractivity contribution in [1.82, 2.24) is 9.88 Å². The number of likely N-dealkylation sites (tertiary alicyclic amines) is 1. The van der Waals surface area contributed by atoms with Crippen molar-refractivity contribution in [1.29, 1.82) is 0 Å². The van der Waals surface area contributed by atoms with Crippen LogP contribution in [-0.4, -0.2) is 35.5 Å². The molecule has 29 heavy (non-hydrogen) atoms. The molecule has 1 aromatic heterocycles. The van der Waals surface area contributed by atoms with Gasteiger partial charge in [0.05, 0.1) is 23.4 Å². The van der Waals surface area contributed by atoms with Crippen molar-refractivity contribution in [2.45, 2.75) is 26.7 Å². The van der Waals surface area contributed by atoms with Crippen LogP contribution in [0.15, 0.2) is 53.0 Å². The molecule has 0 saturated carbocycles. The van der Waals surface area contributed by atoms with E-state index in [0.29, 0.717) is 18.1 Å². The van der Waals surface area contributed by atoms with Crippen LogP contribution in [0.2, 0.25) is 0 Å². The molecule has 1 saturated heterocycles. The van der Waals surface area contributed by atoms with E-state index >= 15 is 0 Å². The van der Waals surface area contributed by atoms with Gasteiger partial charge in [-0.3, -0.25) is 4.79 Å². The number of rotatable bonds is 4. The maximum atomic E-state index is 13.5. The quantitative estimate of drug-likeness (QED) is 0.492. The molecule has 0 bridgehead atoms. The number of carbonyl (C=O) groups is 1. The number of hydrogen-bond donors (Lipinski definition) is 0. The third-order valence-electron chi connectivity index (χ3n) is 5.41. The van der Waals surface area contributed by atoms with E-state index < -0.39 is 0 Å². The number of fused-ring (bicyclic) bond motifs is 1. The molecule has 1 aliphatic heterocycles. The normalized spacial score (nSPS) is 16.8. The molecule has 150 valence electrons. The summed E-state index contributed by atoms with van der Waals surface area (Å²) in [5.74, 6) is 1.46. The first-order chi connectivity index (χ1) is 14.0. The Morgan fingerprint density at radius 2 is 2.00 bits per heavy atom. The average molecular weight is 453 g/mol. The minimum Gasteiger partial charge on any atom is -0.494 e. The highest BCUT2D eigenvalue weighted by molar-refractivity contribution is 9.10. The number of amides is 1. The van der Waals surface area contributed by atoms with Crippen molar-refractivity contribution in [3.63, 3.8) is 0 Å². The lowest BCUT2D eigenvalue weighted by atomic mass is 9.98. The molecule has 1 atom stereocenters. The van der Waals surface area contributed by atoms with Crippen molar-refractivity contribution in [3.05, 3.63) is 58.6 Å². The molecule has 0 radical (unpaired) electrons. The topological polar surface area (TPSA) is 42.4 Å². The fraction of sp³-hybridized carbons (Fsp3) is 0.333. The zero-order valence-electron chi connectivity index (χ0n) is 16.8. The van der Waals surface area contributed by atoms with Crippen LogP contribution in [0.4, 0.5) is 0 Å². The highest BCUT2D eigenvalue weighted by atomic mass is 79.9. The summed E-state index contributed by atoms with van der Waals surface area (Å²) in [5, 5.41) is 0.886. The third kappa shape index (κ3) is 4.30. The van der Waals surface area contributed by atoms with Gasteiger partial charge in [0.15, 0.2) is 0 Å². The van der Waals surface area contributed by atoms with Crippen molar-refractivity contribution in [2.24, 2.45) is 5.92 Å². The summed E-state index contributed by atoms with van der Waals surface area (Å²) in [6.45, 7) is 6.45. The Morgan fingerprint density at radius 1 is 1.21 bits per heavy atom. The van der Waals surface area contributed by atoms with Gasteiger partial charge in [-0.15, -0.1) is 0 Å². The smallest absolute Gasteiger partial charge is 0.254 e. The van der Waals surface area contributed by atoms with Gasteiger partial charge >= 0.3 is 0 Å². The molecule has 1 aliphatic rings. The van der Waals surface area contributed by atoms with Crippen LogP contribution in [0.3, 0.4) is 0 Å². The summed E-state index contributed by atoms with van der Waals surface area (Å²) in [5.41, 5.74) is 3.32. The maximum absolute atomic E-state index is 13.5. The van der Waals surface area contributed by atoms with Gasteiger partial charge in [0, 0.05) is 28.5 Å². The molecule has 1 amide bonds. The second-order valence-corrected chi connectivity index (χ2v) is 8.59. The van der Waals surface area contributed by atoms with E-state index in [1.54, 1.807) is 0 Å². The highest BCUT2D eigenvalue weighted by Gasteiger charge is 2.24. The Balaban J connectivity index is 1.79. The summed E-state index contributed by atoms with van der Waals surface area (Å²) in [6, 6.07) is 15.7. The Bertz CT molecular complexity index is 1030. The monoisotopic (exact) mass is 452 g/mol. The first kappa shape index (κ1) is 19.9. The Hall–Kier alpha value is -2.40. The lowest BCUT2D eigenvalue weighted by Gasteiger charge is -2.31. The predicted molar refractivity (Wildman–Crippen MR) is 120 cm³/mol. The summed E-state index contributed by atoms with van der Waals surface area (Å²) in [7, 11) is 0. The molecule has 3 aromatic rings. The number of nitrogens with zero attached hydrogens (tertiary/aromatic N) is 2. The number of benzene rings is 2. The van der Waals surface area contributed by atoms with Crippen LogP contribution in [0, 0.1) is 5.92 Å². The SMILES string of the molecule is CCOc1ccc(-c2cc(C(=O)N3CCC[C@H](C)C3)c3cc(Br)ccc3n2)cc1. The number of pyridine rings is 1. The van der Waals surface area contributed by atoms with Gasteiger partial charge in [0.25, 0.3) is 5.91 Å². The van der Waals surface area contributed by atoms with Gasteiger partial charge in [-0.2, -0.15) is 0 Å². The summed E-state index contributed by atoms with van der Waals surface area (Å²) in [6.07, 6.45) is 2.25. The van der Waals surface area contributed by atoms with E-state index in [4.69, 9.17) is 9.72 Å². The van der Waals surface area contributed by atoms with Crippen LogP contribution >= 0.6 is 15.9 Å². The van der Waals surface area contributed by atoms with Gasteiger partial charge in [0.1, 0.15) is 5.75 Å². The molecule has 0 aliphatic carbocycles. The standard InChI is InChI=1S/C24H25BrN2O2/c1-3-29-19-9-6-17(7-10-19)23-14-21(20-13-18(25)8-11-22(20)26-23)24(28)27-12-4-5-16(2)15-27/h6-11,13-14,16H,3-5,12,15H2,1-2H3/t16-/m0/s1. The summed E-state index contributed by atoms with van der Waals surface area (Å²) in [4.78, 5) is 20.3.